The summed E-state index contributed by atoms with van der Waals surface area (Å²) in [4.78, 5) is 16.8. The van der Waals surface area contributed by atoms with Crippen molar-refractivity contribution in [3.63, 3.8) is 0 Å². The van der Waals surface area contributed by atoms with Crippen molar-refractivity contribution in [3.8, 4) is 11.5 Å². The van der Waals surface area contributed by atoms with Crippen molar-refractivity contribution in [1.29, 1.82) is 0 Å². The molecule has 1 aromatic carbocycles. The van der Waals surface area contributed by atoms with E-state index in [0.717, 1.165) is 49.6 Å². The lowest BCUT2D eigenvalue weighted by Crippen LogP contribution is -2.18. The van der Waals surface area contributed by atoms with Gasteiger partial charge in [0.2, 0.25) is 11.8 Å². The average molecular weight is 473 g/mol. The minimum Gasteiger partial charge on any atom is -0.508 e. The molecule has 33 heavy (non-hydrogen) atoms. The van der Waals surface area contributed by atoms with Gasteiger partial charge in [-0.2, -0.15) is 0 Å². The molecule has 1 heterocycles. The predicted molar refractivity (Wildman–Crippen MR) is 133 cm³/mol. The molecule has 0 aliphatic rings. The van der Waals surface area contributed by atoms with Crippen molar-refractivity contribution in [3.05, 3.63) is 58.8 Å². The number of benzene rings is 1. The molecule has 2 aromatic rings. The molecular formula is C26H36N2O4S. The Hall–Kier alpha value is -2.67. The first kappa shape index (κ1) is 26.6. The number of aromatic hydroxyl groups is 2. The Labute approximate surface area is 201 Å². The van der Waals surface area contributed by atoms with Gasteiger partial charge in [-0.05, 0) is 76.5 Å². The quantitative estimate of drug-likeness (QED) is 0.177. The zero-order valence-corrected chi connectivity index (χ0v) is 20.9. The largest absolute Gasteiger partial charge is 0.508 e. The third-order valence-electron chi connectivity index (χ3n) is 5.27. The third-order valence-corrected chi connectivity index (χ3v) is 6.26. The standard InChI is InChI=1S/C26H36N2O4S/c1-5-6-7-11-20-16-22(29)21(13-12-19(4)10-8-9-18(2)3)25(31)26(20)33-28-23(30)17-24-27-14-15-32-24/h9,12,14-16,29,31H,5-8,10-11,13,17H2,1-4H3,(H,28,30)/b19-12+. The molecule has 180 valence electrons. The number of nitrogens with one attached hydrogen (secondary N) is 1. The molecule has 2 rings (SSSR count). The van der Waals surface area contributed by atoms with Crippen LogP contribution < -0.4 is 4.72 Å². The fourth-order valence-electron chi connectivity index (χ4n) is 3.38. The fraction of sp³-hybridized carbons (Fsp3) is 0.462. The summed E-state index contributed by atoms with van der Waals surface area (Å²) >= 11 is 1.08. The highest BCUT2D eigenvalue weighted by Crippen LogP contribution is 2.40. The second kappa shape index (κ2) is 13.8. The summed E-state index contributed by atoms with van der Waals surface area (Å²) < 4.78 is 7.90. The summed E-state index contributed by atoms with van der Waals surface area (Å²) in [6.45, 7) is 8.36. The minimum absolute atomic E-state index is 0.0183. The lowest BCUT2D eigenvalue weighted by molar-refractivity contribution is -0.118. The number of phenolic OH excluding ortho intramolecular Hbond substituents is 2. The molecule has 1 amide bonds. The number of rotatable bonds is 13. The molecule has 0 radical (unpaired) electrons. The Balaban J connectivity index is 2.19. The van der Waals surface area contributed by atoms with E-state index in [-0.39, 0.29) is 23.8 Å². The van der Waals surface area contributed by atoms with E-state index in [4.69, 9.17) is 4.42 Å². The van der Waals surface area contributed by atoms with Crippen molar-refractivity contribution in [2.24, 2.45) is 0 Å². The number of amides is 1. The number of phenols is 2. The summed E-state index contributed by atoms with van der Waals surface area (Å²) in [7, 11) is 0. The zero-order chi connectivity index (χ0) is 24.2. The van der Waals surface area contributed by atoms with E-state index in [1.54, 1.807) is 6.07 Å². The van der Waals surface area contributed by atoms with Crippen LogP contribution in [-0.2, 0) is 24.1 Å². The number of carbonyl (C=O) groups excluding carboxylic acids is 1. The van der Waals surface area contributed by atoms with Crippen molar-refractivity contribution in [2.75, 3.05) is 0 Å². The molecule has 0 aliphatic heterocycles. The molecule has 0 unspecified atom stereocenters. The molecule has 0 aliphatic carbocycles. The van der Waals surface area contributed by atoms with E-state index in [9.17, 15) is 15.0 Å². The molecule has 0 atom stereocenters. The Bertz CT molecular complexity index is 961. The summed E-state index contributed by atoms with van der Waals surface area (Å²) in [6, 6.07) is 1.72. The van der Waals surface area contributed by atoms with Crippen LogP contribution in [0, 0.1) is 0 Å². The van der Waals surface area contributed by atoms with E-state index in [1.807, 2.05) is 6.08 Å². The molecule has 0 bridgehead atoms. The summed E-state index contributed by atoms with van der Waals surface area (Å²) in [5.41, 5.74) is 3.79. The normalized spacial score (nSPS) is 11.5. The molecule has 1 aromatic heterocycles. The lowest BCUT2D eigenvalue weighted by atomic mass is 10.00. The number of nitrogens with zero attached hydrogens (tertiary/aromatic N) is 1. The SMILES string of the molecule is CCCCCc1cc(O)c(C/C=C(\C)CCC=C(C)C)c(O)c1SNC(=O)Cc1ncco1. The van der Waals surface area contributed by atoms with Crippen molar-refractivity contribution in [1.82, 2.24) is 9.71 Å². The van der Waals surface area contributed by atoms with Gasteiger partial charge in [0, 0.05) is 5.56 Å². The zero-order valence-electron chi connectivity index (χ0n) is 20.1. The summed E-state index contributed by atoms with van der Waals surface area (Å²) in [5, 5.41) is 21.7. The number of oxazole rings is 1. The average Bonchev–Trinajstić information content (AvgIpc) is 3.26. The molecule has 0 fully saturated rings. The van der Waals surface area contributed by atoms with Crippen LogP contribution in [0.15, 0.2) is 51.1 Å². The maximum absolute atomic E-state index is 12.3. The van der Waals surface area contributed by atoms with E-state index in [0.29, 0.717) is 29.2 Å². The second-order valence-electron chi connectivity index (χ2n) is 8.47. The van der Waals surface area contributed by atoms with Crippen LogP contribution in [-0.4, -0.2) is 21.1 Å². The van der Waals surface area contributed by atoms with Crippen LogP contribution in [0.25, 0.3) is 0 Å². The van der Waals surface area contributed by atoms with Gasteiger partial charge in [0.1, 0.15) is 24.2 Å². The first-order valence-electron chi connectivity index (χ1n) is 11.5. The Morgan fingerprint density at radius 1 is 1.21 bits per heavy atom. The predicted octanol–water partition coefficient (Wildman–Crippen LogP) is 6.42. The van der Waals surface area contributed by atoms with Gasteiger partial charge in [-0.1, -0.05) is 43.1 Å². The van der Waals surface area contributed by atoms with Crippen LogP contribution in [0.1, 0.15) is 76.8 Å². The number of hydrogen-bond acceptors (Lipinski definition) is 6. The smallest absolute Gasteiger partial charge is 0.239 e. The molecule has 6 nitrogen and oxygen atoms in total. The molecule has 7 heteroatoms. The van der Waals surface area contributed by atoms with Gasteiger partial charge in [0.25, 0.3) is 0 Å². The molecule has 0 spiro atoms. The maximum Gasteiger partial charge on any atom is 0.239 e. The molecule has 0 saturated heterocycles. The summed E-state index contributed by atoms with van der Waals surface area (Å²) in [6.07, 6.45) is 13.3. The summed E-state index contributed by atoms with van der Waals surface area (Å²) in [5.74, 6) is 0.172. The van der Waals surface area contributed by atoms with Crippen LogP contribution in [0.3, 0.4) is 0 Å². The number of hydrogen-bond donors (Lipinski definition) is 3. The van der Waals surface area contributed by atoms with Crippen molar-refractivity contribution < 1.29 is 19.4 Å². The van der Waals surface area contributed by atoms with Crippen LogP contribution in [0.4, 0.5) is 0 Å². The molecule has 3 N–H and O–H groups in total. The van der Waals surface area contributed by atoms with Crippen LogP contribution in [0.2, 0.25) is 0 Å². The Morgan fingerprint density at radius 3 is 2.67 bits per heavy atom. The van der Waals surface area contributed by atoms with Gasteiger partial charge in [0.05, 0.1) is 11.1 Å². The van der Waals surface area contributed by atoms with E-state index < -0.39 is 0 Å². The van der Waals surface area contributed by atoms with Gasteiger partial charge in [-0.15, -0.1) is 0 Å². The first-order chi connectivity index (χ1) is 15.8. The van der Waals surface area contributed by atoms with Gasteiger partial charge < -0.3 is 14.6 Å². The van der Waals surface area contributed by atoms with E-state index in [1.165, 1.54) is 23.6 Å². The third kappa shape index (κ3) is 9.00. The van der Waals surface area contributed by atoms with Gasteiger partial charge in [-0.25, -0.2) is 4.98 Å². The van der Waals surface area contributed by atoms with Crippen LogP contribution in [0.5, 0.6) is 11.5 Å². The minimum atomic E-state index is -0.272. The first-order valence-corrected chi connectivity index (χ1v) is 12.3. The number of aromatic nitrogens is 1. The fourth-order valence-corrected chi connectivity index (χ4v) is 4.18. The Morgan fingerprint density at radius 2 is 2.00 bits per heavy atom. The molecular weight excluding hydrogens is 436 g/mol. The van der Waals surface area contributed by atoms with Gasteiger partial charge in [0.15, 0.2) is 0 Å². The second-order valence-corrected chi connectivity index (χ2v) is 9.29. The number of carbonyl (C=O) groups is 1. The highest BCUT2D eigenvalue weighted by molar-refractivity contribution is 7.98. The topological polar surface area (TPSA) is 95.6 Å². The monoisotopic (exact) mass is 472 g/mol. The van der Waals surface area contributed by atoms with E-state index in [2.05, 4.69) is 43.5 Å². The highest BCUT2D eigenvalue weighted by Gasteiger charge is 2.19. The number of unbranched alkanes of at least 4 members (excludes halogenated alkanes) is 2. The van der Waals surface area contributed by atoms with Crippen LogP contribution >= 0.6 is 11.9 Å². The van der Waals surface area contributed by atoms with Gasteiger partial charge >= 0.3 is 0 Å². The van der Waals surface area contributed by atoms with E-state index >= 15 is 0 Å². The highest BCUT2D eigenvalue weighted by atomic mass is 32.2. The van der Waals surface area contributed by atoms with Crippen molar-refractivity contribution >= 4 is 17.9 Å². The van der Waals surface area contributed by atoms with Gasteiger partial charge in [-0.3, -0.25) is 9.52 Å². The number of aryl methyl sites for hydroxylation is 1. The molecule has 0 saturated carbocycles. The maximum atomic E-state index is 12.3. The van der Waals surface area contributed by atoms with Crippen molar-refractivity contribution in [2.45, 2.75) is 84.0 Å². The lowest BCUT2D eigenvalue weighted by Gasteiger charge is -2.16. The Kier molecular flexibility index (Phi) is 11.1. The number of allylic oxidation sites excluding steroid dienone is 4.